The lowest BCUT2D eigenvalue weighted by atomic mass is 9.91. The second-order valence-electron chi connectivity index (χ2n) is 8.66. The Balaban J connectivity index is 1.66. The minimum absolute atomic E-state index is 0.0279. The van der Waals surface area contributed by atoms with E-state index in [-0.39, 0.29) is 36.3 Å². The molecule has 4 nitrogen and oxygen atoms in total. The van der Waals surface area contributed by atoms with Crippen LogP contribution >= 0.6 is 0 Å². The van der Waals surface area contributed by atoms with E-state index >= 15 is 0 Å². The van der Waals surface area contributed by atoms with E-state index in [1.54, 1.807) is 12.1 Å². The van der Waals surface area contributed by atoms with Crippen molar-refractivity contribution in [3.05, 3.63) is 35.6 Å². The first-order chi connectivity index (χ1) is 13.6. The lowest BCUT2D eigenvalue weighted by Crippen LogP contribution is -2.60. The number of benzene rings is 1. The number of rotatable bonds is 3. The van der Waals surface area contributed by atoms with Gasteiger partial charge in [0.05, 0.1) is 0 Å². The van der Waals surface area contributed by atoms with Gasteiger partial charge in [-0.3, -0.25) is 9.59 Å². The van der Waals surface area contributed by atoms with Crippen LogP contribution in [0.3, 0.4) is 0 Å². The van der Waals surface area contributed by atoms with Gasteiger partial charge in [0.1, 0.15) is 18.4 Å². The van der Waals surface area contributed by atoms with Gasteiger partial charge in [0.2, 0.25) is 5.91 Å². The average molecular weight is 387 g/mol. The van der Waals surface area contributed by atoms with E-state index in [1.165, 1.54) is 31.4 Å². The molecule has 1 atom stereocenters. The highest BCUT2D eigenvalue weighted by Crippen LogP contribution is 2.36. The van der Waals surface area contributed by atoms with Crippen LogP contribution in [0, 0.1) is 5.82 Å². The van der Waals surface area contributed by atoms with Crippen molar-refractivity contribution >= 4 is 11.8 Å². The van der Waals surface area contributed by atoms with Crippen LogP contribution in [0.5, 0.6) is 0 Å². The third-order valence-electron chi connectivity index (χ3n) is 6.81. The normalized spacial score (nSPS) is 25.8. The maximum atomic E-state index is 13.6. The number of amides is 2. The molecule has 152 valence electrons. The molecule has 0 spiro atoms. The fourth-order valence-electron chi connectivity index (χ4n) is 5.33. The number of hydrogen-bond donors (Lipinski definition) is 0. The van der Waals surface area contributed by atoms with Gasteiger partial charge in [0.15, 0.2) is 0 Å². The summed E-state index contributed by atoms with van der Waals surface area (Å²) in [5.74, 6) is -0.227. The highest BCUT2D eigenvalue weighted by Gasteiger charge is 2.45. The van der Waals surface area contributed by atoms with Crippen molar-refractivity contribution in [2.75, 3.05) is 6.54 Å². The molecule has 3 aliphatic rings. The second kappa shape index (κ2) is 8.62. The van der Waals surface area contributed by atoms with E-state index in [4.69, 9.17) is 0 Å². The molecular weight excluding hydrogens is 355 g/mol. The number of hydrogen-bond acceptors (Lipinski definition) is 2. The van der Waals surface area contributed by atoms with E-state index < -0.39 is 6.04 Å². The molecule has 0 bridgehead atoms. The van der Waals surface area contributed by atoms with Crippen molar-refractivity contribution in [3.8, 4) is 0 Å². The van der Waals surface area contributed by atoms with Crippen LogP contribution in [0.25, 0.3) is 0 Å². The molecule has 0 N–H and O–H groups in total. The van der Waals surface area contributed by atoms with E-state index in [0.717, 1.165) is 56.9 Å². The predicted molar refractivity (Wildman–Crippen MR) is 106 cm³/mol. The summed E-state index contributed by atoms with van der Waals surface area (Å²) < 4.78 is 13.5. The molecule has 1 aromatic rings. The summed E-state index contributed by atoms with van der Waals surface area (Å²) in [7, 11) is 0. The fourth-order valence-corrected chi connectivity index (χ4v) is 5.33. The van der Waals surface area contributed by atoms with Gasteiger partial charge in [-0.2, -0.15) is 0 Å². The third-order valence-corrected chi connectivity index (χ3v) is 6.81. The first-order valence-electron chi connectivity index (χ1n) is 11.0. The van der Waals surface area contributed by atoms with Crippen LogP contribution in [-0.2, 0) is 9.59 Å². The Morgan fingerprint density at radius 2 is 1.29 bits per heavy atom. The number of halogens is 1. The summed E-state index contributed by atoms with van der Waals surface area (Å²) >= 11 is 0. The molecule has 5 heteroatoms. The topological polar surface area (TPSA) is 40.6 Å². The first-order valence-corrected chi connectivity index (χ1v) is 11.0. The molecule has 1 aliphatic heterocycles. The lowest BCUT2D eigenvalue weighted by molar-refractivity contribution is -0.161. The Labute approximate surface area is 167 Å². The number of carbonyl (C=O) groups excluding carboxylic acids is 2. The smallest absolute Gasteiger partial charge is 0.250 e. The van der Waals surface area contributed by atoms with Gasteiger partial charge in [-0.15, -0.1) is 0 Å². The van der Waals surface area contributed by atoms with Crippen LogP contribution in [0.4, 0.5) is 4.39 Å². The van der Waals surface area contributed by atoms with E-state index in [9.17, 15) is 14.0 Å². The Morgan fingerprint density at radius 1 is 0.750 bits per heavy atom. The summed E-state index contributed by atoms with van der Waals surface area (Å²) in [4.78, 5) is 30.6. The standard InChI is InChI=1S/C23H31FN2O2/c24-18-14-12-17(13-15-18)22-23(28)25(19-8-6-7-9-19)16-21(27)26(22)20-10-4-2-1-3-5-11-20/h12-15,19-20,22H,1-11,16H2/t22-/m0/s1. The Morgan fingerprint density at radius 3 is 1.93 bits per heavy atom. The minimum atomic E-state index is -0.605. The van der Waals surface area contributed by atoms with E-state index in [0.29, 0.717) is 0 Å². The van der Waals surface area contributed by atoms with Crippen LogP contribution < -0.4 is 0 Å². The molecule has 2 amide bonds. The molecule has 28 heavy (non-hydrogen) atoms. The molecule has 1 heterocycles. The van der Waals surface area contributed by atoms with Gasteiger partial charge >= 0.3 is 0 Å². The van der Waals surface area contributed by atoms with Gasteiger partial charge in [-0.1, -0.05) is 57.1 Å². The van der Waals surface area contributed by atoms with Crippen LogP contribution in [-0.4, -0.2) is 40.2 Å². The van der Waals surface area contributed by atoms with Gasteiger partial charge in [0.25, 0.3) is 5.91 Å². The van der Waals surface area contributed by atoms with Gasteiger partial charge < -0.3 is 9.80 Å². The van der Waals surface area contributed by atoms with Crippen molar-refractivity contribution in [1.82, 2.24) is 9.80 Å². The average Bonchev–Trinajstić information content (AvgIpc) is 3.19. The monoisotopic (exact) mass is 386 g/mol. The van der Waals surface area contributed by atoms with Gasteiger partial charge in [-0.25, -0.2) is 4.39 Å². The molecule has 2 aliphatic carbocycles. The molecule has 3 fully saturated rings. The molecule has 0 radical (unpaired) electrons. The summed E-state index contributed by atoms with van der Waals surface area (Å²) in [6.45, 7) is 0.206. The van der Waals surface area contributed by atoms with Crippen LogP contribution in [0.2, 0.25) is 0 Å². The van der Waals surface area contributed by atoms with E-state index in [1.807, 2.05) is 9.80 Å². The maximum Gasteiger partial charge on any atom is 0.250 e. The molecular formula is C23H31FN2O2. The van der Waals surface area contributed by atoms with Gasteiger partial charge in [-0.05, 0) is 43.4 Å². The quantitative estimate of drug-likeness (QED) is 0.762. The number of nitrogens with zero attached hydrogens (tertiary/aromatic N) is 2. The molecule has 0 aromatic heterocycles. The minimum Gasteiger partial charge on any atom is -0.328 e. The number of piperazine rings is 1. The fraction of sp³-hybridized carbons (Fsp3) is 0.652. The Kier molecular flexibility index (Phi) is 5.98. The molecule has 0 unspecified atom stereocenters. The summed E-state index contributed by atoms with van der Waals surface area (Å²) in [5.41, 5.74) is 0.740. The van der Waals surface area contributed by atoms with Crippen molar-refractivity contribution in [2.24, 2.45) is 0 Å². The zero-order valence-corrected chi connectivity index (χ0v) is 16.6. The Hall–Kier alpha value is -1.91. The summed E-state index contributed by atoms with van der Waals surface area (Å²) in [6, 6.07) is 5.84. The SMILES string of the molecule is O=C1[C@H](c2ccc(F)cc2)N(C2CCCCCCC2)C(=O)CN1C1CCCC1. The third kappa shape index (κ3) is 3.94. The first kappa shape index (κ1) is 19.4. The molecule has 1 saturated heterocycles. The highest BCUT2D eigenvalue weighted by atomic mass is 19.1. The second-order valence-corrected chi connectivity index (χ2v) is 8.66. The molecule has 4 rings (SSSR count). The lowest BCUT2D eigenvalue weighted by Gasteiger charge is -2.46. The highest BCUT2D eigenvalue weighted by molar-refractivity contribution is 5.96. The predicted octanol–water partition coefficient (Wildman–Crippen LogP) is 4.59. The van der Waals surface area contributed by atoms with E-state index in [2.05, 4.69) is 0 Å². The zero-order valence-electron chi connectivity index (χ0n) is 16.6. The van der Waals surface area contributed by atoms with Crippen molar-refractivity contribution in [1.29, 1.82) is 0 Å². The van der Waals surface area contributed by atoms with Gasteiger partial charge in [0, 0.05) is 12.1 Å². The maximum absolute atomic E-state index is 13.6. The molecule has 1 aromatic carbocycles. The zero-order chi connectivity index (χ0) is 19.5. The van der Waals surface area contributed by atoms with Crippen molar-refractivity contribution in [3.63, 3.8) is 0 Å². The summed E-state index contributed by atoms with van der Waals surface area (Å²) in [5, 5.41) is 0. The Bertz CT molecular complexity index is 691. The van der Waals surface area contributed by atoms with Crippen molar-refractivity contribution < 1.29 is 14.0 Å². The molecule has 2 saturated carbocycles. The largest absolute Gasteiger partial charge is 0.328 e. The van der Waals surface area contributed by atoms with Crippen LogP contribution in [0.15, 0.2) is 24.3 Å². The van der Waals surface area contributed by atoms with Crippen molar-refractivity contribution in [2.45, 2.75) is 88.8 Å². The number of carbonyl (C=O) groups is 2. The summed E-state index contributed by atoms with van der Waals surface area (Å²) in [6.07, 6.45) is 12.0. The van der Waals surface area contributed by atoms with Crippen LogP contribution in [0.1, 0.15) is 82.2 Å².